The van der Waals surface area contributed by atoms with Gasteiger partial charge in [-0.1, -0.05) is 0 Å². The van der Waals surface area contributed by atoms with Crippen LogP contribution in [0.3, 0.4) is 0 Å². The summed E-state index contributed by atoms with van der Waals surface area (Å²) in [6.45, 7) is 0. The van der Waals surface area contributed by atoms with Crippen molar-refractivity contribution < 1.29 is 4.79 Å². The Morgan fingerprint density at radius 1 is 1.80 bits per heavy atom. The Hall–Kier alpha value is 0.110. The molecule has 5 heavy (non-hydrogen) atoms. The largest absolute Gasteiger partial charge is 0.278 e. The van der Waals surface area contributed by atoms with Crippen LogP contribution in [-0.2, 0) is 4.79 Å². The van der Waals surface area contributed by atoms with Crippen LogP contribution in [0.25, 0.3) is 0 Å². The van der Waals surface area contributed by atoms with Crippen LogP contribution in [0.4, 0.5) is 0 Å². The van der Waals surface area contributed by atoms with E-state index in [9.17, 15) is 0 Å². The molecule has 1 amide bonds. The van der Waals surface area contributed by atoms with Crippen LogP contribution in [-0.4, -0.2) is 6.41 Å². The highest BCUT2D eigenvalue weighted by atomic mass is 35.5. The van der Waals surface area contributed by atoms with Gasteiger partial charge in [-0.15, -0.1) is 0 Å². The molecule has 0 fully saturated rings. The first-order valence-electron chi connectivity index (χ1n) is 0.713. The molecule has 0 bridgehead atoms. The summed E-state index contributed by atoms with van der Waals surface area (Å²) in [6, 6.07) is 0. The third kappa shape index (κ3) is 14.9. The summed E-state index contributed by atoms with van der Waals surface area (Å²) in [5.74, 6) is 0. The van der Waals surface area contributed by atoms with Gasteiger partial charge in [-0.2, -0.15) is 13.5 Å². The van der Waals surface area contributed by atoms with Crippen molar-refractivity contribution in [2.45, 2.75) is 0 Å². The average Bonchev–Trinajstić information content (AvgIpc) is 1.37. The van der Waals surface area contributed by atoms with E-state index in [0.717, 1.165) is 0 Å². The number of hydrogen-bond acceptors (Lipinski definition) is 1. The maximum absolute atomic E-state index is 8.93. The first-order valence-corrected chi connectivity index (χ1v) is 1.09. The van der Waals surface area contributed by atoms with Crippen LogP contribution < -0.4 is 4.84 Å². The first-order chi connectivity index (χ1) is 1.91. The fraction of sp³-hybridized carbons (Fsp3) is 0. The van der Waals surface area contributed by atoms with Gasteiger partial charge in [0.2, 0.25) is 6.41 Å². The van der Waals surface area contributed by atoms with E-state index in [2.05, 4.69) is 11.8 Å². The lowest BCUT2D eigenvalue weighted by atomic mass is 11.5. The first kappa shape index (κ1) is 8.92. The molecule has 0 aromatic heterocycles. The van der Waals surface area contributed by atoms with Crippen molar-refractivity contribution >= 4 is 31.7 Å². The molecule has 0 aromatic rings. The third-order valence-electron chi connectivity index (χ3n) is 0.0445. The second-order valence-corrected chi connectivity index (χ2v) is 0.445. The summed E-state index contributed by atoms with van der Waals surface area (Å²) in [5.41, 5.74) is 0. The molecule has 2 nitrogen and oxygen atoms in total. The van der Waals surface area contributed by atoms with E-state index in [1.165, 1.54) is 0 Å². The fourth-order valence-corrected chi connectivity index (χ4v) is 0. The number of carbonyl (C=O) groups is 1. The van der Waals surface area contributed by atoms with Gasteiger partial charge in [0.05, 0.1) is 0 Å². The molecule has 0 spiro atoms. The van der Waals surface area contributed by atoms with Crippen molar-refractivity contribution in [2.24, 2.45) is 0 Å². The molecule has 0 aliphatic carbocycles. The van der Waals surface area contributed by atoms with E-state index in [0.29, 0.717) is 6.41 Å². The molecule has 0 unspecified atom stereocenters. The molecule has 0 rings (SSSR count). The lowest BCUT2D eigenvalue weighted by Crippen LogP contribution is -1.87. The molecular weight excluding hydrogens is 110 g/mol. The van der Waals surface area contributed by atoms with Gasteiger partial charge in [0.15, 0.2) is 0 Å². The van der Waals surface area contributed by atoms with Gasteiger partial charge in [-0.3, -0.25) is 9.63 Å². The predicted octanol–water partition coefficient (Wildman–Crippen LogP) is -0.00100. The number of carbonyl (C=O) groups excluding carboxylic acids is 1. The molecule has 32 valence electrons. The van der Waals surface area contributed by atoms with Crippen LogP contribution in [0.5, 0.6) is 0 Å². The normalized spacial score (nSPS) is 4.20. The van der Waals surface area contributed by atoms with Gasteiger partial charge in [0, 0.05) is 11.8 Å². The summed E-state index contributed by atoms with van der Waals surface area (Å²) in [5, 5.41) is 0. The van der Waals surface area contributed by atoms with Crippen molar-refractivity contribution in [3.63, 3.8) is 0 Å². The number of nitrogens with one attached hydrogen (secondary N) is 1. The number of rotatable bonds is 1. The summed E-state index contributed by atoms with van der Waals surface area (Å²) >= 11 is 4.57. The van der Waals surface area contributed by atoms with E-state index < -0.39 is 0 Å². The Bertz CT molecular complexity index is 25.6. The minimum absolute atomic E-state index is 0. The lowest BCUT2D eigenvalue weighted by Gasteiger charge is -1.59. The monoisotopic (exact) mass is 113 g/mol. The topological polar surface area (TPSA) is 29.1 Å². The molecule has 0 atom stereocenters. The Labute approximate surface area is 42.1 Å². The Morgan fingerprint density at radius 2 is 2.00 bits per heavy atom. The van der Waals surface area contributed by atoms with Crippen LogP contribution >= 0.6 is 25.3 Å². The second kappa shape index (κ2) is 8.93. The van der Waals surface area contributed by atoms with Crippen LogP contribution in [0.1, 0.15) is 0 Å². The SMILES string of the molecule is O=CNCl.S. The van der Waals surface area contributed by atoms with Crippen molar-refractivity contribution in [3.8, 4) is 0 Å². The molecule has 0 saturated carbocycles. The predicted molar refractivity (Wildman–Crippen MR) is 25.4 cm³/mol. The van der Waals surface area contributed by atoms with Crippen LogP contribution in [0.2, 0.25) is 0 Å². The summed E-state index contributed by atoms with van der Waals surface area (Å²) in [7, 11) is 0. The van der Waals surface area contributed by atoms with Gasteiger partial charge < -0.3 is 0 Å². The Kier molecular flexibility index (Phi) is 15.9. The maximum atomic E-state index is 8.93. The van der Waals surface area contributed by atoms with E-state index in [1.807, 2.05) is 0 Å². The van der Waals surface area contributed by atoms with E-state index in [1.54, 1.807) is 4.84 Å². The van der Waals surface area contributed by atoms with Crippen molar-refractivity contribution in [3.05, 3.63) is 0 Å². The molecule has 4 heteroatoms. The zero-order valence-corrected chi connectivity index (χ0v) is 4.12. The standard InChI is InChI=1S/CH2ClNO.H2S/c2-3-1-4;/h1H,(H,3,4);1H2. The maximum Gasteiger partial charge on any atom is 0.221 e. The highest BCUT2D eigenvalue weighted by Crippen LogP contribution is 1.41. The highest BCUT2D eigenvalue weighted by Gasteiger charge is 1.47. The van der Waals surface area contributed by atoms with E-state index >= 15 is 0 Å². The minimum Gasteiger partial charge on any atom is -0.278 e. The zero-order valence-electron chi connectivity index (χ0n) is 2.36. The van der Waals surface area contributed by atoms with Crippen molar-refractivity contribution in [1.82, 2.24) is 4.84 Å². The minimum atomic E-state index is 0. The lowest BCUT2D eigenvalue weighted by molar-refractivity contribution is -0.108. The molecular formula is CH4ClNOS. The molecule has 0 aliphatic rings. The molecule has 0 heterocycles. The summed E-state index contributed by atoms with van der Waals surface area (Å²) in [4.78, 5) is 10.7. The zero-order chi connectivity index (χ0) is 3.41. The Balaban J connectivity index is 0. The average molecular weight is 114 g/mol. The number of hydrogen-bond donors (Lipinski definition) is 1. The second-order valence-electron chi connectivity index (χ2n) is 0.227. The van der Waals surface area contributed by atoms with E-state index in [4.69, 9.17) is 4.79 Å². The quantitative estimate of drug-likeness (QED) is 0.377. The highest BCUT2D eigenvalue weighted by molar-refractivity contribution is 7.59. The molecule has 0 saturated heterocycles. The van der Waals surface area contributed by atoms with E-state index in [-0.39, 0.29) is 13.5 Å². The summed E-state index contributed by atoms with van der Waals surface area (Å²) in [6.07, 6.45) is 0.390. The van der Waals surface area contributed by atoms with Crippen LogP contribution in [0, 0.1) is 0 Å². The van der Waals surface area contributed by atoms with Crippen molar-refractivity contribution in [1.29, 1.82) is 0 Å². The van der Waals surface area contributed by atoms with Gasteiger partial charge in [-0.25, -0.2) is 0 Å². The van der Waals surface area contributed by atoms with Gasteiger partial charge in [-0.05, 0) is 0 Å². The van der Waals surface area contributed by atoms with Gasteiger partial charge in [0.25, 0.3) is 0 Å². The number of halogens is 1. The van der Waals surface area contributed by atoms with Gasteiger partial charge in [0.1, 0.15) is 0 Å². The molecule has 1 N–H and O–H groups in total. The molecule has 0 aliphatic heterocycles. The van der Waals surface area contributed by atoms with Gasteiger partial charge >= 0.3 is 0 Å². The number of amides is 1. The van der Waals surface area contributed by atoms with Crippen molar-refractivity contribution in [2.75, 3.05) is 0 Å². The third-order valence-corrected chi connectivity index (χ3v) is 0.134. The molecule has 0 radical (unpaired) electrons. The summed E-state index contributed by atoms with van der Waals surface area (Å²) < 4.78 is 0. The smallest absolute Gasteiger partial charge is 0.221 e. The van der Waals surface area contributed by atoms with Crippen LogP contribution in [0.15, 0.2) is 0 Å². The Morgan fingerprint density at radius 3 is 2.00 bits per heavy atom. The molecule has 0 aromatic carbocycles. The fourth-order valence-electron chi connectivity index (χ4n) is 0.